The fourth-order valence-corrected chi connectivity index (χ4v) is 3.65. The van der Waals surface area contributed by atoms with Crippen LogP contribution in [0.4, 0.5) is 0 Å². The molecule has 1 aliphatic rings. The zero-order valence-electron chi connectivity index (χ0n) is 16.9. The summed E-state index contributed by atoms with van der Waals surface area (Å²) in [5.41, 5.74) is 4.75. The molecule has 3 rings (SSSR count). The molecule has 0 spiro atoms. The van der Waals surface area contributed by atoms with E-state index in [1.807, 2.05) is 24.8 Å². The molecule has 1 fully saturated rings. The molecule has 2 heterocycles. The Kier molecular flexibility index (Phi) is 6.50. The minimum absolute atomic E-state index is 0.550. The van der Waals surface area contributed by atoms with E-state index in [-0.39, 0.29) is 0 Å². The highest BCUT2D eigenvalue weighted by Gasteiger charge is 2.25. The average Bonchev–Trinajstić information content (AvgIpc) is 3.23. The van der Waals surface area contributed by atoms with Crippen LogP contribution in [0.2, 0.25) is 0 Å². The second kappa shape index (κ2) is 9.04. The number of aliphatic imine (C=N–C) groups is 1. The number of hydrogen-bond acceptors (Lipinski definition) is 3. The highest BCUT2D eigenvalue weighted by molar-refractivity contribution is 5.80. The van der Waals surface area contributed by atoms with Gasteiger partial charge in [-0.05, 0) is 25.8 Å². The third kappa shape index (κ3) is 4.89. The summed E-state index contributed by atoms with van der Waals surface area (Å²) in [4.78, 5) is 6.81. The number of aryl methyl sites for hydroxylation is 2. The third-order valence-electron chi connectivity index (χ3n) is 5.34. The first-order chi connectivity index (χ1) is 13.1. The lowest BCUT2D eigenvalue weighted by molar-refractivity contribution is 0.0906. The van der Waals surface area contributed by atoms with Gasteiger partial charge in [-0.15, -0.1) is 0 Å². The average molecular weight is 370 g/mol. The van der Waals surface area contributed by atoms with Crippen LogP contribution < -0.4 is 5.32 Å². The maximum absolute atomic E-state index is 5.93. The Bertz CT molecular complexity index is 768. The molecule has 1 aromatic heterocycles. The van der Waals surface area contributed by atoms with Crippen molar-refractivity contribution in [2.24, 2.45) is 18.0 Å². The van der Waals surface area contributed by atoms with Crippen molar-refractivity contribution in [1.29, 1.82) is 0 Å². The van der Waals surface area contributed by atoms with Crippen molar-refractivity contribution in [3.63, 3.8) is 0 Å². The lowest BCUT2D eigenvalue weighted by atomic mass is 10.1. The van der Waals surface area contributed by atoms with E-state index in [0.717, 1.165) is 44.3 Å². The van der Waals surface area contributed by atoms with E-state index in [0.29, 0.717) is 12.5 Å². The van der Waals surface area contributed by atoms with Crippen molar-refractivity contribution in [2.75, 3.05) is 26.7 Å². The van der Waals surface area contributed by atoms with Gasteiger partial charge in [-0.2, -0.15) is 5.10 Å². The van der Waals surface area contributed by atoms with Gasteiger partial charge in [0.1, 0.15) is 0 Å². The van der Waals surface area contributed by atoms with E-state index in [2.05, 4.69) is 58.4 Å². The normalized spacial score (nSPS) is 17.6. The SMILES string of the molecule is CN=C(NCc1c(C)nn(C)c1C)N1CCC(COCc2ccccc2)C1. The van der Waals surface area contributed by atoms with Gasteiger partial charge >= 0.3 is 0 Å². The van der Waals surface area contributed by atoms with E-state index in [4.69, 9.17) is 4.74 Å². The van der Waals surface area contributed by atoms with Gasteiger partial charge in [0.2, 0.25) is 0 Å². The monoisotopic (exact) mass is 369 g/mol. The topological polar surface area (TPSA) is 54.7 Å². The summed E-state index contributed by atoms with van der Waals surface area (Å²) >= 11 is 0. The number of nitrogens with one attached hydrogen (secondary N) is 1. The fraction of sp³-hybridized carbons (Fsp3) is 0.524. The number of hydrogen-bond donors (Lipinski definition) is 1. The second-order valence-corrected chi connectivity index (χ2v) is 7.28. The zero-order chi connectivity index (χ0) is 19.2. The summed E-state index contributed by atoms with van der Waals surface area (Å²) in [5, 5.41) is 8.00. The highest BCUT2D eigenvalue weighted by Crippen LogP contribution is 2.18. The van der Waals surface area contributed by atoms with Crippen molar-refractivity contribution < 1.29 is 4.74 Å². The summed E-state index contributed by atoms with van der Waals surface area (Å²) < 4.78 is 7.87. The molecule has 1 aliphatic heterocycles. The van der Waals surface area contributed by atoms with Gasteiger partial charge in [-0.25, -0.2) is 0 Å². The van der Waals surface area contributed by atoms with Crippen LogP contribution >= 0.6 is 0 Å². The number of benzene rings is 1. The standard InChI is InChI=1S/C21H31N5O/c1-16-20(17(2)25(4)24-16)12-23-21(22-3)26-11-10-19(13-26)15-27-14-18-8-6-5-7-9-18/h5-9,19H,10-15H2,1-4H3,(H,22,23). The van der Waals surface area contributed by atoms with Crippen molar-refractivity contribution >= 4 is 5.96 Å². The number of likely N-dealkylation sites (tertiary alicyclic amines) is 1. The molecular formula is C21H31N5O. The molecule has 1 N–H and O–H groups in total. The molecule has 2 aromatic rings. The molecule has 1 atom stereocenters. The van der Waals surface area contributed by atoms with Crippen LogP contribution in [0.25, 0.3) is 0 Å². The maximum atomic E-state index is 5.93. The molecule has 0 saturated carbocycles. The molecule has 1 unspecified atom stereocenters. The van der Waals surface area contributed by atoms with E-state index in [1.165, 1.54) is 16.8 Å². The second-order valence-electron chi connectivity index (χ2n) is 7.28. The van der Waals surface area contributed by atoms with Gasteiger partial charge in [-0.1, -0.05) is 30.3 Å². The van der Waals surface area contributed by atoms with Crippen LogP contribution in [0.5, 0.6) is 0 Å². The summed E-state index contributed by atoms with van der Waals surface area (Å²) in [5.74, 6) is 1.51. The molecule has 6 heteroatoms. The Balaban J connectivity index is 1.46. The first-order valence-electron chi connectivity index (χ1n) is 9.64. The van der Waals surface area contributed by atoms with Gasteiger partial charge in [0.25, 0.3) is 0 Å². The molecule has 27 heavy (non-hydrogen) atoms. The fourth-order valence-electron chi connectivity index (χ4n) is 3.65. The molecule has 0 amide bonds. The van der Waals surface area contributed by atoms with Crippen molar-refractivity contribution in [1.82, 2.24) is 20.0 Å². The minimum atomic E-state index is 0.550. The predicted molar refractivity (Wildman–Crippen MR) is 109 cm³/mol. The Morgan fingerprint density at radius 2 is 2.07 bits per heavy atom. The van der Waals surface area contributed by atoms with Crippen LogP contribution in [0.1, 0.15) is 28.9 Å². The Morgan fingerprint density at radius 1 is 1.30 bits per heavy atom. The first kappa shape index (κ1) is 19.4. The molecule has 1 aromatic carbocycles. The molecule has 0 aliphatic carbocycles. The molecule has 6 nitrogen and oxygen atoms in total. The lowest BCUT2D eigenvalue weighted by Gasteiger charge is -2.22. The molecule has 1 saturated heterocycles. The van der Waals surface area contributed by atoms with Gasteiger partial charge < -0.3 is 15.0 Å². The van der Waals surface area contributed by atoms with Crippen molar-refractivity contribution in [2.45, 2.75) is 33.4 Å². The van der Waals surface area contributed by atoms with Crippen LogP contribution in [0.3, 0.4) is 0 Å². The number of aromatic nitrogens is 2. The number of guanidine groups is 1. The van der Waals surface area contributed by atoms with E-state index >= 15 is 0 Å². The van der Waals surface area contributed by atoms with Crippen molar-refractivity contribution in [3.8, 4) is 0 Å². The maximum Gasteiger partial charge on any atom is 0.193 e. The van der Waals surface area contributed by atoms with Gasteiger partial charge in [0, 0.05) is 50.9 Å². The Labute approximate surface area is 162 Å². The predicted octanol–water partition coefficient (Wildman–Crippen LogP) is 2.65. The lowest BCUT2D eigenvalue weighted by Crippen LogP contribution is -2.40. The van der Waals surface area contributed by atoms with Crippen LogP contribution in [-0.2, 0) is 24.9 Å². The van der Waals surface area contributed by atoms with E-state index < -0.39 is 0 Å². The van der Waals surface area contributed by atoms with E-state index in [1.54, 1.807) is 0 Å². The first-order valence-corrected chi connectivity index (χ1v) is 9.64. The zero-order valence-corrected chi connectivity index (χ0v) is 16.9. The molecule has 0 radical (unpaired) electrons. The largest absolute Gasteiger partial charge is 0.376 e. The summed E-state index contributed by atoms with van der Waals surface area (Å²) in [6.45, 7) is 8.40. The van der Waals surface area contributed by atoms with E-state index in [9.17, 15) is 0 Å². The number of ether oxygens (including phenoxy) is 1. The summed E-state index contributed by atoms with van der Waals surface area (Å²) in [6.07, 6.45) is 1.14. The van der Waals surface area contributed by atoms with Crippen LogP contribution in [0.15, 0.2) is 35.3 Å². The smallest absolute Gasteiger partial charge is 0.193 e. The molecule has 146 valence electrons. The highest BCUT2D eigenvalue weighted by atomic mass is 16.5. The van der Waals surface area contributed by atoms with Gasteiger partial charge in [-0.3, -0.25) is 9.67 Å². The third-order valence-corrected chi connectivity index (χ3v) is 5.34. The number of nitrogens with zero attached hydrogens (tertiary/aromatic N) is 4. The Hall–Kier alpha value is -2.34. The van der Waals surface area contributed by atoms with Crippen LogP contribution in [-0.4, -0.2) is 47.4 Å². The minimum Gasteiger partial charge on any atom is -0.376 e. The van der Waals surface area contributed by atoms with Crippen LogP contribution in [0, 0.1) is 19.8 Å². The number of rotatable bonds is 6. The summed E-state index contributed by atoms with van der Waals surface area (Å²) in [6, 6.07) is 10.4. The van der Waals surface area contributed by atoms with Gasteiger partial charge in [0.05, 0.1) is 18.9 Å². The molecular weight excluding hydrogens is 338 g/mol. The summed E-state index contributed by atoms with van der Waals surface area (Å²) in [7, 11) is 3.84. The van der Waals surface area contributed by atoms with Gasteiger partial charge in [0.15, 0.2) is 5.96 Å². The molecule has 0 bridgehead atoms. The quantitative estimate of drug-likeness (QED) is 0.628. The van der Waals surface area contributed by atoms with Crippen molar-refractivity contribution in [3.05, 3.63) is 52.8 Å². The Morgan fingerprint density at radius 3 is 2.74 bits per heavy atom.